The first-order valence-electron chi connectivity index (χ1n) is 8.70. The van der Waals surface area contributed by atoms with Gasteiger partial charge in [0.2, 0.25) is 0 Å². The number of carbonyl (C=O) groups is 2. The molecule has 0 unspecified atom stereocenters. The Bertz CT molecular complexity index is 876. The van der Waals surface area contributed by atoms with Crippen molar-refractivity contribution >= 4 is 27.4 Å². The first kappa shape index (κ1) is 19.2. The number of ether oxygens (including phenoxy) is 1. The number of nitrogens with zero attached hydrogens (tertiary/aromatic N) is 1. The Labute approximate surface area is 157 Å². The third-order valence-electron chi connectivity index (χ3n) is 4.39. The van der Waals surface area contributed by atoms with Gasteiger partial charge in [0.15, 0.2) is 16.4 Å². The van der Waals surface area contributed by atoms with Gasteiger partial charge in [-0.1, -0.05) is 18.2 Å². The summed E-state index contributed by atoms with van der Waals surface area (Å²) in [5, 5.41) is 0. The van der Waals surface area contributed by atoms with E-state index in [9.17, 15) is 18.0 Å². The molecule has 0 N–H and O–H groups in total. The molecule has 7 nitrogen and oxygen atoms in total. The predicted octanol–water partition coefficient (Wildman–Crippen LogP) is 1.98. The van der Waals surface area contributed by atoms with Gasteiger partial charge in [0.25, 0.3) is 5.91 Å². The standard InChI is InChI=1S/C19H21NO6S/c21-18(13-26-19(22)9-8-17-7-4-11-25-17)20(15-5-2-1-3-6-15)16-10-12-27(23,24)14-16/h1-7,11,16H,8-10,12-14H2/t16-/m1/s1. The van der Waals surface area contributed by atoms with E-state index >= 15 is 0 Å². The maximum Gasteiger partial charge on any atom is 0.306 e. The van der Waals surface area contributed by atoms with E-state index in [4.69, 9.17) is 9.15 Å². The third kappa shape index (κ3) is 5.19. The van der Waals surface area contributed by atoms with Crippen molar-refractivity contribution in [2.75, 3.05) is 23.0 Å². The second kappa shape index (κ2) is 8.39. The normalized spacial score (nSPS) is 18.1. The molecule has 0 radical (unpaired) electrons. The Morgan fingerprint density at radius 1 is 1.15 bits per heavy atom. The number of para-hydroxylation sites is 1. The van der Waals surface area contributed by atoms with Crippen molar-refractivity contribution in [3.8, 4) is 0 Å². The van der Waals surface area contributed by atoms with Crippen LogP contribution >= 0.6 is 0 Å². The van der Waals surface area contributed by atoms with E-state index in [-0.39, 0.29) is 17.9 Å². The smallest absolute Gasteiger partial charge is 0.306 e. The van der Waals surface area contributed by atoms with Crippen LogP contribution in [-0.4, -0.2) is 44.4 Å². The number of rotatable bonds is 7. The van der Waals surface area contributed by atoms with Crippen LogP contribution in [0.2, 0.25) is 0 Å². The van der Waals surface area contributed by atoms with Gasteiger partial charge in [-0.25, -0.2) is 8.42 Å². The van der Waals surface area contributed by atoms with E-state index in [1.54, 1.807) is 36.4 Å². The van der Waals surface area contributed by atoms with Gasteiger partial charge in [0.05, 0.1) is 30.2 Å². The van der Waals surface area contributed by atoms with Crippen LogP contribution < -0.4 is 4.90 Å². The van der Waals surface area contributed by atoms with E-state index in [0.29, 0.717) is 24.3 Å². The van der Waals surface area contributed by atoms with Crippen molar-refractivity contribution in [1.82, 2.24) is 0 Å². The van der Waals surface area contributed by atoms with Crippen LogP contribution in [0.1, 0.15) is 18.6 Å². The minimum atomic E-state index is -3.16. The summed E-state index contributed by atoms with van der Waals surface area (Å²) in [6, 6.07) is 11.9. The maximum absolute atomic E-state index is 12.7. The Balaban J connectivity index is 1.62. The van der Waals surface area contributed by atoms with Crippen LogP contribution in [0.4, 0.5) is 5.69 Å². The third-order valence-corrected chi connectivity index (χ3v) is 6.14. The Hall–Kier alpha value is -2.61. The van der Waals surface area contributed by atoms with Crippen LogP contribution in [0, 0.1) is 0 Å². The molecule has 144 valence electrons. The SMILES string of the molecule is O=C(CCc1ccco1)OCC(=O)N(c1ccccc1)[C@@H]1CCS(=O)(=O)C1. The topological polar surface area (TPSA) is 93.9 Å². The lowest BCUT2D eigenvalue weighted by Gasteiger charge is -2.28. The summed E-state index contributed by atoms with van der Waals surface area (Å²) in [6.07, 6.45) is 2.39. The summed E-state index contributed by atoms with van der Waals surface area (Å²) in [5.41, 5.74) is 0.594. The predicted molar refractivity (Wildman–Crippen MR) is 99.0 cm³/mol. The van der Waals surface area contributed by atoms with Gasteiger partial charge in [0.1, 0.15) is 5.76 Å². The number of furan rings is 1. The van der Waals surface area contributed by atoms with E-state index in [0.717, 1.165) is 0 Å². The average Bonchev–Trinajstić information content (AvgIpc) is 3.29. The monoisotopic (exact) mass is 391 g/mol. The number of amides is 1. The largest absolute Gasteiger partial charge is 0.469 e. The first-order valence-corrected chi connectivity index (χ1v) is 10.5. The van der Waals surface area contributed by atoms with Gasteiger partial charge in [-0.3, -0.25) is 9.59 Å². The molecule has 2 aromatic rings. The van der Waals surface area contributed by atoms with Crippen molar-refractivity contribution in [1.29, 1.82) is 0 Å². The summed E-state index contributed by atoms with van der Waals surface area (Å²) >= 11 is 0. The highest BCUT2D eigenvalue weighted by molar-refractivity contribution is 7.91. The van der Waals surface area contributed by atoms with Crippen molar-refractivity contribution in [3.63, 3.8) is 0 Å². The van der Waals surface area contributed by atoms with Gasteiger partial charge in [0, 0.05) is 12.1 Å². The molecule has 1 fully saturated rings. The number of anilines is 1. The van der Waals surface area contributed by atoms with Gasteiger partial charge in [-0.15, -0.1) is 0 Å². The number of aryl methyl sites for hydroxylation is 1. The van der Waals surface area contributed by atoms with Crippen LogP contribution in [0.25, 0.3) is 0 Å². The van der Waals surface area contributed by atoms with Crippen LogP contribution in [0.15, 0.2) is 53.1 Å². The summed E-state index contributed by atoms with van der Waals surface area (Å²) < 4.78 is 33.9. The van der Waals surface area contributed by atoms with Gasteiger partial charge in [-0.05, 0) is 30.7 Å². The summed E-state index contributed by atoms with van der Waals surface area (Å²) in [7, 11) is -3.16. The molecule has 0 saturated carbocycles. The highest BCUT2D eigenvalue weighted by Crippen LogP contribution is 2.24. The number of hydrogen-bond donors (Lipinski definition) is 0. The van der Waals surface area contributed by atoms with Crippen molar-refractivity contribution < 1.29 is 27.2 Å². The zero-order valence-corrected chi connectivity index (χ0v) is 15.6. The van der Waals surface area contributed by atoms with E-state index in [2.05, 4.69) is 0 Å². The summed E-state index contributed by atoms with van der Waals surface area (Å²) in [4.78, 5) is 26.0. The maximum atomic E-state index is 12.7. The zero-order chi connectivity index (χ0) is 19.3. The van der Waals surface area contributed by atoms with Gasteiger partial charge >= 0.3 is 5.97 Å². The quantitative estimate of drug-likeness (QED) is 0.670. The lowest BCUT2D eigenvalue weighted by atomic mass is 10.2. The zero-order valence-electron chi connectivity index (χ0n) is 14.7. The number of esters is 1. The molecular formula is C19H21NO6S. The van der Waals surface area contributed by atoms with Crippen LogP contribution in [-0.2, 0) is 30.6 Å². The molecule has 1 aliphatic heterocycles. The summed E-state index contributed by atoms with van der Waals surface area (Å²) in [6.45, 7) is -0.428. The fourth-order valence-electron chi connectivity index (χ4n) is 3.09. The average molecular weight is 391 g/mol. The van der Waals surface area contributed by atoms with Crippen LogP contribution in [0.3, 0.4) is 0 Å². The van der Waals surface area contributed by atoms with Crippen molar-refractivity contribution in [3.05, 3.63) is 54.5 Å². The number of carbonyl (C=O) groups excluding carboxylic acids is 2. The molecule has 1 aromatic heterocycles. The number of sulfone groups is 1. The molecule has 8 heteroatoms. The summed E-state index contributed by atoms with van der Waals surface area (Å²) in [5.74, 6) is -0.307. The van der Waals surface area contributed by atoms with Crippen molar-refractivity contribution in [2.24, 2.45) is 0 Å². The molecule has 27 heavy (non-hydrogen) atoms. The molecule has 1 saturated heterocycles. The molecule has 1 aliphatic rings. The highest BCUT2D eigenvalue weighted by Gasteiger charge is 2.35. The van der Waals surface area contributed by atoms with Gasteiger partial charge < -0.3 is 14.1 Å². The Morgan fingerprint density at radius 3 is 2.56 bits per heavy atom. The van der Waals surface area contributed by atoms with E-state index in [1.807, 2.05) is 6.07 Å². The molecule has 1 atom stereocenters. The molecule has 2 heterocycles. The fourth-order valence-corrected chi connectivity index (χ4v) is 4.79. The molecule has 1 amide bonds. The van der Waals surface area contributed by atoms with E-state index in [1.165, 1.54) is 11.2 Å². The molecular weight excluding hydrogens is 370 g/mol. The minimum Gasteiger partial charge on any atom is -0.469 e. The fraction of sp³-hybridized carbons (Fsp3) is 0.368. The van der Waals surface area contributed by atoms with E-state index < -0.39 is 34.4 Å². The van der Waals surface area contributed by atoms with Crippen molar-refractivity contribution in [2.45, 2.75) is 25.3 Å². The Kier molecular flexibility index (Phi) is 5.95. The molecule has 0 aliphatic carbocycles. The lowest BCUT2D eigenvalue weighted by molar-refractivity contribution is -0.148. The molecule has 1 aromatic carbocycles. The molecule has 3 rings (SSSR count). The number of hydrogen-bond acceptors (Lipinski definition) is 6. The molecule has 0 bridgehead atoms. The Morgan fingerprint density at radius 2 is 1.93 bits per heavy atom. The van der Waals surface area contributed by atoms with Gasteiger partial charge in [-0.2, -0.15) is 0 Å². The second-order valence-corrected chi connectivity index (χ2v) is 8.62. The first-order chi connectivity index (χ1) is 12.9. The number of benzene rings is 1. The molecule has 0 spiro atoms. The lowest BCUT2D eigenvalue weighted by Crippen LogP contribution is -2.43. The highest BCUT2D eigenvalue weighted by atomic mass is 32.2. The second-order valence-electron chi connectivity index (χ2n) is 6.40. The minimum absolute atomic E-state index is 0.0528. The van der Waals surface area contributed by atoms with Crippen LogP contribution in [0.5, 0.6) is 0 Å².